The molecule has 0 spiro atoms. The summed E-state index contributed by atoms with van der Waals surface area (Å²) in [5.41, 5.74) is 1.06. The average molecular weight is 310 g/mol. The number of ether oxygens (including phenoxy) is 2. The molecular weight excluding hydrogens is 292 g/mol. The lowest BCUT2D eigenvalue weighted by molar-refractivity contribution is -0.0442. The summed E-state index contributed by atoms with van der Waals surface area (Å²) >= 11 is 3.51. The van der Waals surface area contributed by atoms with Crippen LogP contribution in [0.1, 0.15) is 21.9 Å². The Hall–Kier alpha value is -0.790. The molecule has 0 N–H and O–H groups in total. The molecule has 4 nitrogen and oxygen atoms in total. The molecule has 0 bridgehead atoms. The minimum atomic E-state index is -0.270. The van der Waals surface area contributed by atoms with Crippen molar-refractivity contribution < 1.29 is 9.47 Å². The van der Waals surface area contributed by atoms with Crippen molar-refractivity contribution in [3.63, 3.8) is 0 Å². The Bertz CT molecular complexity index is 586. The van der Waals surface area contributed by atoms with Gasteiger partial charge in [0, 0.05) is 16.3 Å². The van der Waals surface area contributed by atoms with Crippen LogP contribution in [0.4, 0.5) is 0 Å². The molecule has 20 heavy (non-hydrogen) atoms. The lowest BCUT2D eigenvalue weighted by Crippen LogP contribution is -2.09. The van der Waals surface area contributed by atoms with Crippen LogP contribution in [0.2, 0.25) is 0 Å². The van der Waals surface area contributed by atoms with Crippen molar-refractivity contribution in [3.05, 3.63) is 27.7 Å². The summed E-state index contributed by atoms with van der Waals surface area (Å²) in [5, 5.41) is 0.928. The van der Waals surface area contributed by atoms with Gasteiger partial charge in [-0.1, -0.05) is 0 Å². The number of nitrogens with zero attached hydrogens (tertiary/aromatic N) is 2. The van der Waals surface area contributed by atoms with Crippen LogP contribution in [0.5, 0.6) is 0 Å². The highest BCUT2D eigenvalue weighted by Crippen LogP contribution is 2.38. The number of thiophene rings is 1. The molecule has 0 amide bonds. The fraction of sp³-hybridized carbons (Fsp3) is 0.500. The monoisotopic (exact) mass is 310 g/mol. The van der Waals surface area contributed by atoms with Gasteiger partial charge in [0.25, 0.3) is 0 Å². The number of hydrogen-bond acceptors (Lipinski definition) is 6. The minimum absolute atomic E-state index is 0.270. The van der Waals surface area contributed by atoms with Crippen LogP contribution >= 0.6 is 22.7 Å². The maximum Gasteiger partial charge on any atom is 0.211 e. The maximum atomic E-state index is 5.52. The standard InChI is InChI=1S/C14H18N2O2S2/c1-9-12(11-5-4-10(19-11)8-16(2)3)20-13(15-9)14-17-6-7-18-14/h4-5,14H,6-8H2,1-3H3. The van der Waals surface area contributed by atoms with E-state index in [1.165, 1.54) is 14.6 Å². The van der Waals surface area contributed by atoms with Gasteiger partial charge in [-0.15, -0.1) is 22.7 Å². The zero-order chi connectivity index (χ0) is 14.1. The van der Waals surface area contributed by atoms with Crippen molar-refractivity contribution in [2.75, 3.05) is 27.3 Å². The third-order valence-corrected chi connectivity index (χ3v) is 5.42. The molecule has 0 saturated carbocycles. The Morgan fingerprint density at radius 2 is 2.00 bits per heavy atom. The summed E-state index contributed by atoms with van der Waals surface area (Å²) in [7, 11) is 4.18. The maximum absolute atomic E-state index is 5.52. The van der Waals surface area contributed by atoms with Crippen molar-refractivity contribution in [1.29, 1.82) is 0 Å². The first kappa shape index (κ1) is 14.2. The molecule has 0 aromatic carbocycles. The lowest BCUT2D eigenvalue weighted by Gasteiger charge is -2.05. The van der Waals surface area contributed by atoms with Crippen LogP contribution < -0.4 is 0 Å². The Balaban J connectivity index is 1.84. The summed E-state index contributed by atoms with van der Waals surface area (Å²) in [6.45, 7) is 4.34. The molecule has 1 fully saturated rings. The van der Waals surface area contributed by atoms with E-state index in [1.54, 1.807) is 11.3 Å². The van der Waals surface area contributed by atoms with Gasteiger partial charge >= 0.3 is 0 Å². The highest BCUT2D eigenvalue weighted by molar-refractivity contribution is 7.22. The van der Waals surface area contributed by atoms with Crippen LogP contribution in [0.25, 0.3) is 9.75 Å². The number of hydrogen-bond donors (Lipinski definition) is 0. The molecule has 2 aromatic heterocycles. The van der Waals surface area contributed by atoms with E-state index < -0.39 is 0 Å². The van der Waals surface area contributed by atoms with Gasteiger partial charge in [-0.25, -0.2) is 4.98 Å². The molecule has 1 aliphatic rings. The van der Waals surface area contributed by atoms with Gasteiger partial charge in [0.15, 0.2) is 0 Å². The first-order valence-electron chi connectivity index (χ1n) is 6.58. The van der Waals surface area contributed by atoms with Crippen LogP contribution in [0.15, 0.2) is 12.1 Å². The molecule has 108 valence electrons. The van der Waals surface area contributed by atoms with Gasteiger partial charge in [0.2, 0.25) is 6.29 Å². The predicted molar refractivity (Wildman–Crippen MR) is 82.2 cm³/mol. The Morgan fingerprint density at radius 3 is 2.70 bits per heavy atom. The van der Waals surface area contributed by atoms with Gasteiger partial charge in [-0.05, 0) is 33.2 Å². The number of rotatable bonds is 4. The molecule has 3 rings (SSSR count). The van der Waals surface area contributed by atoms with Crippen molar-refractivity contribution >= 4 is 22.7 Å². The quantitative estimate of drug-likeness (QED) is 0.868. The van der Waals surface area contributed by atoms with Crippen LogP contribution in [-0.4, -0.2) is 37.2 Å². The van der Waals surface area contributed by atoms with E-state index in [0.717, 1.165) is 17.2 Å². The van der Waals surface area contributed by atoms with Crippen molar-refractivity contribution in [2.45, 2.75) is 19.8 Å². The molecule has 1 aliphatic heterocycles. The summed E-state index contributed by atoms with van der Waals surface area (Å²) < 4.78 is 11.0. The van der Waals surface area contributed by atoms with Crippen molar-refractivity contribution in [3.8, 4) is 9.75 Å². The number of aromatic nitrogens is 1. The van der Waals surface area contributed by atoms with Gasteiger partial charge in [-0.3, -0.25) is 0 Å². The van der Waals surface area contributed by atoms with E-state index >= 15 is 0 Å². The second kappa shape index (κ2) is 5.91. The van der Waals surface area contributed by atoms with E-state index in [4.69, 9.17) is 9.47 Å². The number of aryl methyl sites for hydroxylation is 1. The molecule has 3 heterocycles. The van der Waals surface area contributed by atoms with E-state index in [9.17, 15) is 0 Å². The fourth-order valence-electron chi connectivity index (χ4n) is 2.14. The van der Waals surface area contributed by atoms with E-state index in [-0.39, 0.29) is 6.29 Å². The molecular formula is C14H18N2O2S2. The molecule has 0 radical (unpaired) electrons. The topological polar surface area (TPSA) is 34.6 Å². The molecule has 0 unspecified atom stereocenters. The Morgan fingerprint density at radius 1 is 1.25 bits per heavy atom. The van der Waals surface area contributed by atoms with Gasteiger partial charge in [0.1, 0.15) is 5.01 Å². The van der Waals surface area contributed by atoms with Crippen LogP contribution in [0, 0.1) is 6.92 Å². The van der Waals surface area contributed by atoms with Gasteiger partial charge in [-0.2, -0.15) is 0 Å². The number of thiazole rings is 1. The van der Waals surface area contributed by atoms with Gasteiger partial charge in [0.05, 0.1) is 23.8 Å². The first-order valence-corrected chi connectivity index (χ1v) is 8.21. The van der Waals surface area contributed by atoms with Crippen molar-refractivity contribution in [1.82, 2.24) is 9.88 Å². The Kier molecular flexibility index (Phi) is 4.18. The normalized spacial score (nSPS) is 16.4. The highest BCUT2D eigenvalue weighted by atomic mass is 32.1. The smallest absolute Gasteiger partial charge is 0.211 e. The SMILES string of the molecule is Cc1nc(C2OCCO2)sc1-c1ccc(CN(C)C)s1. The highest BCUT2D eigenvalue weighted by Gasteiger charge is 2.24. The van der Waals surface area contributed by atoms with Gasteiger partial charge < -0.3 is 14.4 Å². The molecule has 1 saturated heterocycles. The lowest BCUT2D eigenvalue weighted by atomic mass is 10.3. The van der Waals surface area contributed by atoms with E-state index in [0.29, 0.717) is 13.2 Å². The molecule has 2 aromatic rings. The summed E-state index contributed by atoms with van der Waals surface area (Å²) in [5.74, 6) is 0. The summed E-state index contributed by atoms with van der Waals surface area (Å²) in [6, 6.07) is 4.38. The van der Waals surface area contributed by atoms with Crippen LogP contribution in [-0.2, 0) is 16.0 Å². The second-order valence-corrected chi connectivity index (χ2v) is 7.24. The average Bonchev–Trinajstić information content (AvgIpc) is 3.07. The van der Waals surface area contributed by atoms with E-state index in [2.05, 4.69) is 43.0 Å². The zero-order valence-corrected chi connectivity index (χ0v) is 13.5. The predicted octanol–water partition coefficient (Wildman–Crippen LogP) is 3.29. The third-order valence-electron chi connectivity index (χ3n) is 2.99. The van der Waals surface area contributed by atoms with E-state index in [1.807, 2.05) is 11.3 Å². The summed E-state index contributed by atoms with van der Waals surface area (Å²) in [4.78, 5) is 10.7. The molecule has 0 atom stereocenters. The molecule has 0 aliphatic carbocycles. The fourth-order valence-corrected chi connectivity index (χ4v) is 4.50. The van der Waals surface area contributed by atoms with Crippen LogP contribution in [0.3, 0.4) is 0 Å². The Labute approximate surface area is 127 Å². The summed E-state index contributed by atoms with van der Waals surface area (Å²) in [6.07, 6.45) is -0.270. The molecule has 6 heteroatoms. The zero-order valence-electron chi connectivity index (χ0n) is 11.9. The first-order chi connectivity index (χ1) is 9.63. The second-order valence-electron chi connectivity index (χ2n) is 5.04. The minimum Gasteiger partial charge on any atom is -0.344 e. The largest absolute Gasteiger partial charge is 0.344 e. The van der Waals surface area contributed by atoms with Crippen molar-refractivity contribution in [2.24, 2.45) is 0 Å². The third kappa shape index (κ3) is 2.94.